The van der Waals surface area contributed by atoms with Gasteiger partial charge < -0.3 is 15.6 Å². The molecule has 4 nitrogen and oxygen atoms in total. The average molecular weight is 215 g/mol. The van der Waals surface area contributed by atoms with Gasteiger partial charge in [-0.3, -0.25) is 4.79 Å². The molecule has 0 aromatic heterocycles. The Kier molecular flexibility index (Phi) is 5.05. The molecule has 1 fully saturated rings. The third-order valence-corrected chi connectivity index (χ3v) is 3.43. The highest BCUT2D eigenvalue weighted by molar-refractivity contribution is 5.70. The first-order chi connectivity index (χ1) is 7.19. The summed E-state index contributed by atoms with van der Waals surface area (Å²) in [5.41, 5.74) is 5.64. The molecule has 0 radical (unpaired) electrons. The Balaban J connectivity index is 2.52. The molecule has 0 heterocycles. The van der Waals surface area contributed by atoms with Crippen LogP contribution in [0.2, 0.25) is 0 Å². The Morgan fingerprint density at radius 3 is 2.80 bits per heavy atom. The Morgan fingerprint density at radius 2 is 2.27 bits per heavy atom. The molecule has 1 aliphatic carbocycles. The summed E-state index contributed by atoms with van der Waals surface area (Å²) in [6.45, 7) is 1.32. The summed E-state index contributed by atoms with van der Waals surface area (Å²) in [6.07, 6.45) is 3.50. The van der Waals surface area contributed by atoms with Gasteiger partial charge in [0.25, 0.3) is 0 Å². The smallest absolute Gasteiger partial charge is 0.306 e. The van der Waals surface area contributed by atoms with E-state index in [0.29, 0.717) is 19.1 Å². The topological polar surface area (TPSA) is 72.5 Å². The van der Waals surface area contributed by atoms with Crippen LogP contribution in [0.4, 0.5) is 0 Å². The van der Waals surface area contributed by atoms with Gasteiger partial charge in [-0.2, -0.15) is 0 Å². The standard InChI is InChI=1S/C11H21NO3/c1-15-5-4-9-6-8(7-12)2-3-10(9)11(13)14/h8-10H,2-7,12H2,1H3,(H,13,14)/t8?,9-,10-/m1/s1. The molecule has 3 N–H and O–H groups in total. The van der Waals surface area contributed by atoms with E-state index in [4.69, 9.17) is 15.6 Å². The van der Waals surface area contributed by atoms with Crippen LogP contribution >= 0.6 is 0 Å². The Morgan fingerprint density at radius 1 is 1.53 bits per heavy atom. The zero-order chi connectivity index (χ0) is 11.3. The first kappa shape index (κ1) is 12.5. The molecular weight excluding hydrogens is 194 g/mol. The molecule has 0 saturated heterocycles. The second kappa shape index (κ2) is 6.08. The van der Waals surface area contributed by atoms with E-state index in [1.54, 1.807) is 7.11 Å². The molecular formula is C11H21NO3. The van der Waals surface area contributed by atoms with Gasteiger partial charge >= 0.3 is 5.97 Å². The number of hydrogen-bond acceptors (Lipinski definition) is 3. The van der Waals surface area contributed by atoms with Crippen molar-refractivity contribution in [1.29, 1.82) is 0 Å². The average Bonchev–Trinajstić information content (AvgIpc) is 2.25. The summed E-state index contributed by atoms with van der Waals surface area (Å²) in [7, 11) is 1.65. The molecule has 1 rings (SSSR count). The lowest BCUT2D eigenvalue weighted by Crippen LogP contribution is -2.33. The van der Waals surface area contributed by atoms with Crippen molar-refractivity contribution in [2.24, 2.45) is 23.5 Å². The first-order valence-corrected chi connectivity index (χ1v) is 5.60. The van der Waals surface area contributed by atoms with Crippen LogP contribution in [0, 0.1) is 17.8 Å². The zero-order valence-electron chi connectivity index (χ0n) is 9.32. The number of hydrogen-bond donors (Lipinski definition) is 2. The van der Waals surface area contributed by atoms with E-state index in [2.05, 4.69) is 0 Å². The van der Waals surface area contributed by atoms with Crippen LogP contribution in [0.3, 0.4) is 0 Å². The van der Waals surface area contributed by atoms with E-state index >= 15 is 0 Å². The highest BCUT2D eigenvalue weighted by Crippen LogP contribution is 2.35. The van der Waals surface area contributed by atoms with Crippen LogP contribution in [0.1, 0.15) is 25.7 Å². The van der Waals surface area contributed by atoms with Crippen molar-refractivity contribution in [1.82, 2.24) is 0 Å². The van der Waals surface area contributed by atoms with Gasteiger partial charge in [-0.05, 0) is 44.1 Å². The van der Waals surface area contributed by atoms with Crippen LogP contribution in [0.15, 0.2) is 0 Å². The minimum absolute atomic E-state index is 0.192. The maximum atomic E-state index is 11.1. The summed E-state index contributed by atoms with van der Waals surface area (Å²) >= 11 is 0. The number of carboxylic acids is 1. The van der Waals surface area contributed by atoms with Gasteiger partial charge in [0.05, 0.1) is 5.92 Å². The van der Waals surface area contributed by atoms with Crippen molar-refractivity contribution in [3.05, 3.63) is 0 Å². The van der Waals surface area contributed by atoms with Gasteiger partial charge in [0.1, 0.15) is 0 Å². The fourth-order valence-corrected chi connectivity index (χ4v) is 2.49. The molecule has 0 aromatic carbocycles. The summed E-state index contributed by atoms with van der Waals surface area (Å²) in [5.74, 6) is -0.110. The Bertz CT molecular complexity index is 208. The molecule has 88 valence electrons. The van der Waals surface area contributed by atoms with Crippen molar-refractivity contribution in [2.45, 2.75) is 25.7 Å². The summed E-state index contributed by atoms with van der Waals surface area (Å²) in [6, 6.07) is 0. The van der Waals surface area contributed by atoms with Crippen molar-refractivity contribution in [3.63, 3.8) is 0 Å². The molecule has 0 bridgehead atoms. The van der Waals surface area contributed by atoms with Crippen molar-refractivity contribution in [3.8, 4) is 0 Å². The molecule has 0 aliphatic heterocycles. The molecule has 1 unspecified atom stereocenters. The summed E-state index contributed by atoms with van der Waals surface area (Å²) < 4.78 is 5.02. The first-order valence-electron chi connectivity index (χ1n) is 5.60. The van der Waals surface area contributed by atoms with Gasteiger partial charge in [-0.15, -0.1) is 0 Å². The number of carbonyl (C=O) groups is 1. The predicted octanol–water partition coefficient (Wildman–Crippen LogP) is 1.10. The normalized spacial score (nSPS) is 31.5. The quantitative estimate of drug-likeness (QED) is 0.720. The van der Waals surface area contributed by atoms with Crippen LogP contribution in [0.25, 0.3) is 0 Å². The highest BCUT2D eigenvalue weighted by atomic mass is 16.5. The summed E-state index contributed by atoms with van der Waals surface area (Å²) in [5, 5.41) is 9.09. The number of rotatable bonds is 5. The number of aliphatic carboxylic acids is 1. The predicted molar refractivity (Wildman–Crippen MR) is 57.5 cm³/mol. The number of nitrogens with two attached hydrogens (primary N) is 1. The number of carboxylic acid groups (broad SMARTS) is 1. The third kappa shape index (κ3) is 3.47. The van der Waals surface area contributed by atoms with E-state index in [9.17, 15) is 4.79 Å². The minimum Gasteiger partial charge on any atom is -0.481 e. The lowest BCUT2D eigenvalue weighted by Gasteiger charge is -2.33. The van der Waals surface area contributed by atoms with Crippen molar-refractivity contribution >= 4 is 5.97 Å². The maximum absolute atomic E-state index is 11.1. The van der Waals surface area contributed by atoms with E-state index in [1.807, 2.05) is 0 Å². The molecule has 3 atom stereocenters. The van der Waals surface area contributed by atoms with Crippen molar-refractivity contribution in [2.75, 3.05) is 20.3 Å². The SMILES string of the molecule is COCC[C@@H]1CC(CN)CC[C@H]1C(=O)O. The van der Waals surface area contributed by atoms with Crippen LogP contribution < -0.4 is 5.73 Å². The fourth-order valence-electron chi connectivity index (χ4n) is 2.49. The van der Waals surface area contributed by atoms with E-state index < -0.39 is 5.97 Å². The van der Waals surface area contributed by atoms with Gasteiger partial charge in [-0.25, -0.2) is 0 Å². The number of ether oxygens (including phenoxy) is 1. The highest BCUT2D eigenvalue weighted by Gasteiger charge is 2.33. The second-order valence-electron chi connectivity index (χ2n) is 4.40. The lowest BCUT2D eigenvalue weighted by atomic mass is 9.73. The third-order valence-electron chi connectivity index (χ3n) is 3.43. The van der Waals surface area contributed by atoms with Gasteiger partial charge in [-0.1, -0.05) is 0 Å². The Hall–Kier alpha value is -0.610. The van der Waals surface area contributed by atoms with Gasteiger partial charge in [0.2, 0.25) is 0 Å². The van der Waals surface area contributed by atoms with E-state index in [1.165, 1.54) is 0 Å². The number of methoxy groups -OCH3 is 1. The molecule has 0 aromatic rings. The monoisotopic (exact) mass is 215 g/mol. The lowest BCUT2D eigenvalue weighted by molar-refractivity contribution is -0.145. The Labute approximate surface area is 90.8 Å². The fraction of sp³-hybridized carbons (Fsp3) is 0.909. The zero-order valence-corrected chi connectivity index (χ0v) is 9.32. The van der Waals surface area contributed by atoms with Crippen LogP contribution in [0.5, 0.6) is 0 Å². The molecule has 0 amide bonds. The van der Waals surface area contributed by atoms with Gasteiger partial charge in [0, 0.05) is 13.7 Å². The molecule has 0 spiro atoms. The molecule has 4 heteroatoms. The van der Waals surface area contributed by atoms with E-state index in [0.717, 1.165) is 25.7 Å². The van der Waals surface area contributed by atoms with Crippen LogP contribution in [-0.2, 0) is 9.53 Å². The van der Waals surface area contributed by atoms with Crippen LogP contribution in [-0.4, -0.2) is 31.3 Å². The van der Waals surface area contributed by atoms with Crippen molar-refractivity contribution < 1.29 is 14.6 Å². The largest absolute Gasteiger partial charge is 0.481 e. The minimum atomic E-state index is -0.661. The molecule has 15 heavy (non-hydrogen) atoms. The van der Waals surface area contributed by atoms with E-state index in [-0.39, 0.29) is 11.8 Å². The second-order valence-corrected chi connectivity index (χ2v) is 4.40. The summed E-state index contributed by atoms with van der Waals surface area (Å²) in [4.78, 5) is 11.1. The maximum Gasteiger partial charge on any atom is 0.306 e. The molecule has 1 saturated carbocycles. The van der Waals surface area contributed by atoms with Gasteiger partial charge in [0.15, 0.2) is 0 Å². The molecule has 1 aliphatic rings.